The molecule has 1 N–H and O–H groups in total. The molecule has 1 amide bonds. The topological polar surface area (TPSA) is 54.0 Å². The first-order valence-corrected chi connectivity index (χ1v) is 12.4. The van der Waals surface area contributed by atoms with Gasteiger partial charge in [0, 0.05) is 13.1 Å². The predicted molar refractivity (Wildman–Crippen MR) is 132 cm³/mol. The fourth-order valence-corrected chi connectivity index (χ4v) is 4.91. The smallest absolute Gasteiger partial charge is 0.246 e. The molecule has 0 aromatic heterocycles. The lowest BCUT2D eigenvalue weighted by Gasteiger charge is -2.38. The summed E-state index contributed by atoms with van der Waals surface area (Å²) in [6, 6.07) is 17.5. The molecule has 2 aliphatic rings. The summed E-state index contributed by atoms with van der Waals surface area (Å²) in [5, 5.41) is 3.15. The van der Waals surface area contributed by atoms with E-state index in [9.17, 15) is 4.79 Å². The highest BCUT2D eigenvalue weighted by Crippen LogP contribution is 2.31. The molecule has 1 atom stereocenters. The van der Waals surface area contributed by atoms with Crippen molar-refractivity contribution in [2.24, 2.45) is 5.92 Å². The van der Waals surface area contributed by atoms with Crippen LogP contribution in [0, 0.1) is 5.92 Å². The van der Waals surface area contributed by atoms with Gasteiger partial charge in [0.15, 0.2) is 0 Å². The van der Waals surface area contributed by atoms with Gasteiger partial charge in [0.1, 0.15) is 11.8 Å². The van der Waals surface area contributed by atoms with Gasteiger partial charge < -0.3 is 14.8 Å². The van der Waals surface area contributed by atoms with E-state index < -0.39 is 0 Å². The first-order valence-electron chi connectivity index (χ1n) is 12.4. The van der Waals surface area contributed by atoms with Crippen molar-refractivity contribution in [3.63, 3.8) is 0 Å². The van der Waals surface area contributed by atoms with Crippen LogP contribution in [0.15, 0.2) is 54.6 Å². The van der Waals surface area contributed by atoms with E-state index in [4.69, 9.17) is 9.47 Å². The molecule has 4 rings (SSSR count). The SMILES string of the molecule is CCOc1ccccc1NC(=O)C(c1ccccc1)N1CCC(CCN2CCOCC2)CC1. The second-order valence-electron chi connectivity index (χ2n) is 8.95. The number of carbonyl (C=O) groups is 1. The van der Waals surface area contributed by atoms with Gasteiger partial charge in [-0.15, -0.1) is 0 Å². The number of hydrogen-bond donors (Lipinski definition) is 1. The molecule has 0 aliphatic carbocycles. The summed E-state index contributed by atoms with van der Waals surface area (Å²) in [5.74, 6) is 1.43. The summed E-state index contributed by atoms with van der Waals surface area (Å²) in [7, 11) is 0. The van der Waals surface area contributed by atoms with E-state index in [1.165, 1.54) is 6.42 Å². The zero-order valence-electron chi connectivity index (χ0n) is 19.7. The van der Waals surface area contributed by atoms with E-state index >= 15 is 0 Å². The lowest BCUT2D eigenvalue weighted by Crippen LogP contribution is -2.43. The van der Waals surface area contributed by atoms with Crippen molar-refractivity contribution in [2.45, 2.75) is 32.2 Å². The van der Waals surface area contributed by atoms with E-state index in [0.29, 0.717) is 12.4 Å². The normalized spacial score (nSPS) is 19.2. The summed E-state index contributed by atoms with van der Waals surface area (Å²) in [4.78, 5) is 18.4. The molecule has 0 spiro atoms. The zero-order chi connectivity index (χ0) is 22.9. The van der Waals surface area contributed by atoms with Crippen molar-refractivity contribution >= 4 is 11.6 Å². The van der Waals surface area contributed by atoms with Gasteiger partial charge in [-0.2, -0.15) is 0 Å². The number of amides is 1. The van der Waals surface area contributed by atoms with Crippen molar-refractivity contribution in [1.29, 1.82) is 0 Å². The Morgan fingerprint density at radius 3 is 2.45 bits per heavy atom. The minimum Gasteiger partial charge on any atom is -0.492 e. The molecule has 1 unspecified atom stereocenters. The summed E-state index contributed by atoms with van der Waals surface area (Å²) in [6.07, 6.45) is 3.50. The van der Waals surface area contributed by atoms with E-state index in [-0.39, 0.29) is 11.9 Å². The number of likely N-dealkylation sites (tertiary alicyclic amines) is 1. The van der Waals surface area contributed by atoms with Crippen LogP contribution in [0.2, 0.25) is 0 Å². The van der Waals surface area contributed by atoms with Gasteiger partial charge in [0.2, 0.25) is 5.91 Å². The molecule has 6 heteroatoms. The quantitative estimate of drug-likeness (QED) is 0.619. The van der Waals surface area contributed by atoms with Gasteiger partial charge in [-0.3, -0.25) is 14.6 Å². The number of morpholine rings is 1. The molecule has 2 aromatic rings. The molecule has 6 nitrogen and oxygen atoms in total. The number of benzene rings is 2. The Hall–Kier alpha value is -2.41. The lowest BCUT2D eigenvalue weighted by molar-refractivity contribution is -0.122. The van der Waals surface area contributed by atoms with E-state index in [0.717, 1.165) is 75.9 Å². The highest BCUT2D eigenvalue weighted by Gasteiger charge is 2.31. The number of hydrogen-bond acceptors (Lipinski definition) is 5. The van der Waals surface area contributed by atoms with Crippen LogP contribution in [0.5, 0.6) is 5.75 Å². The minimum atomic E-state index is -0.305. The van der Waals surface area contributed by atoms with E-state index in [1.807, 2.05) is 49.4 Å². The number of nitrogens with zero attached hydrogens (tertiary/aromatic N) is 2. The molecule has 178 valence electrons. The molecule has 2 fully saturated rings. The fraction of sp³-hybridized carbons (Fsp3) is 0.519. The molecule has 0 saturated carbocycles. The largest absolute Gasteiger partial charge is 0.492 e. The maximum absolute atomic E-state index is 13.6. The summed E-state index contributed by atoms with van der Waals surface area (Å²) < 4.78 is 11.2. The average molecular weight is 452 g/mol. The van der Waals surface area contributed by atoms with Gasteiger partial charge in [-0.05, 0) is 69.4 Å². The molecule has 0 bridgehead atoms. The Labute approximate surface area is 197 Å². The maximum atomic E-state index is 13.6. The third-order valence-electron chi connectivity index (χ3n) is 6.78. The Morgan fingerprint density at radius 1 is 1.03 bits per heavy atom. The molecule has 33 heavy (non-hydrogen) atoms. The number of para-hydroxylation sites is 2. The molecular formula is C27H37N3O3. The van der Waals surface area contributed by atoms with Crippen molar-refractivity contribution in [1.82, 2.24) is 9.80 Å². The first kappa shape index (κ1) is 23.7. The number of rotatable bonds is 9. The lowest BCUT2D eigenvalue weighted by atomic mass is 9.91. The number of piperidine rings is 1. The minimum absolute atomic E-state index is 0.000111. The number of ether oxygens (including phenoxy) is 2. The Balaban J connectivity index is 1.40. The predicted octanol–water partition coefficient (Wildman–Crippen LogP) is 4.20. The van der Waals surface area contributed by atoms with Gasteiger partial charge in [0.25, 0.3) is 0 Å². The van der Waals surface area contributed by atoms with Crippen molar-refractivity contribution in [3.05, 3.63) is 60.2 Å². The van der Waals surface area contributed by atoms with Crippen LogP contribution in [0.25, 0.3) is 0 Å². The third-order valence-corrected chi connectivity index (χ3v) is 6.78. The fourth-order valence-electron chi connectivity index (χ4n) is 4.91. The van der Waals surface area contributed by atoms with Crippen LogP contribution < -0.4 is 10.1 Å². The van der Waals surface area contributed by atoms with Crippen molar-refractivity contribution in [3.8, 4) is 5.75 Å². The third kappa shape index (κ3) is 6.56. The van der Waals surface area contributed by atoms with Crippen LogP contribution in [0.1, 0.15) is 37.8 Å². The average Bonchev–Trinajstić information content (AvgIpc) is 2.86. The van der Waals surface area contributed by atoms with Crippen LogP contribution in [-0.4, -0.2) is 68.3 Å². The number of carbonyl (C=O) groups excluding carboxylic acids is 1. The Morgan fingerprint density at radius 2 is 1.73 bits per heavy atom. The van der Waals surface area contributed by atoms with Crippen LogP contribution in [-0.2, 0) is 9.53 Å². The molecule has 2 heterocycles. The second-order valence-corrected chi connectivity index (χ2v) is 8.95. The molecule has 2 aliphatic heterocycles. The van der Waals surface area contributed by atoms with Crippen molar-refractivity contribution < 1.29 is 14.3 Å². The second kappa shape index (κ2) is 12.2. The summed E-state index contributed by atoms with van der Waals surface area (Å²) >= 11 is 0. The highest BCUT2D eigenvalue weighted by atomic mass is 16.5. The number of nitrogens with one attached hydrogen (secondary N) is 1. The highest BCUT2D eigenvalue weighted by molar-refractivity contribution is 5.96. The van der Waals surface area contributed by atoms with E-state index in [2.05, 4.69) is 27.2 Å². The van der Waals surface area contributed by atoms with Gasteiger partial charge in [0.05, 0.1) is 25.5 Å². The maximum Gasteiger partial charge on any atom is 0.246 e. The van der Waals surface area contributed by atoms with Gasteiger partial charge >= 0.3 is 0 Å². The first-order chi connectivity index (χ1) is 16.2. The summed E-state index contributed by atoms with van der Waals surface area (Å²) in [6.45, 7) is 9.38. The van der Waals surface area contributed by atoms with Crippen LogP contribution >= 0.6 is 0 Å². The summed E-state index contributed by atoms with van der Waals surface area (Å²) in [5.41, 5.74) is 1.77. The number of anilines is 1. The van der Waals surface area contributed by atoms with Crippen LogP contribution in [0.4, 0.5) is 5.69 Å². The molecule has 2 aromatic carbocycles. The monoisotopic (exact) mass is 451 g/mol. The standard InChI is InChI=1S/C27H37N3O3/c1-2-33-25-11-7-6-10-24(25)28-27(31)26(23-8-4-3-5-9-23)30-16-13-22(14-17-30)12-15-29-18-20-32-21-19-29/h3-11,22,26H,2,12-21H2,1H3,(H,28,31). The Kier molecular flexibility index (Phi) is 8.75. The molecule has 0 radical (unpaired) electrons. The van der Waals surface area contributed by atoms with Crippen molar-refractivity contribution in [2.75, 3.05) is 57.9 Å². The van der Waals surface area contributed by atoms with E-state index in [1.54, 1.807) is 0 Å². The molecule has 2 saturated heterocycles. The van der Waals surface area contributed by atoms with Gasteiger partial charge in [-0.1, -0.05) is 42.5 Å². The Bertz CT molecular complexity index is 862. The molecular weight excluding hydrogens is 414 g/mol. The van der Waals surface area contributed by atoms with Crippen LogP contribution in [0.3, 0.4) is 0 Å². The zero-order valence-corrected chi connectivity index (χ0v) is 19.7. The van der Waals surface area contributed by atoms with Gasteiger partial charge in [-0.25, -0.2) is 0 Å².